The van der Waals surface area contributed by atoms with Gasteiger partial charge in [0.05, 0.1) is 0 Å². The van der Waals surface area contributed by atoms with Gasteiger partial charge in [0.1, 0.15) is 6.17 Å². The number of hydrogen-bond donors (Lipinski definition) is 0. The summed E-state index contributed by atoms with van der Waals surface area (Å²) in [5, 5.41) is 0. The van der Waals surface area contributed by atoms with Crippen molar-refractivity contribution in [1.29, 1.82) is 0 Å². The van der Waals surface area contributed by atoms with Crippen molar-refractivity contribution in [2.75, 3.05) is 13.1 Å². The van der Waals surface area contributed by atoms with E-state index in [1.165, 1.54) is 103 Å². The first-order valence-corrected chi connectivity index (χ1v) is 11.0. The van der Waals surface area contributed by atoms with Gasteiger partial charge in [-0.2, -0.15) is 0 Å². The molecule has 0 aromatic heterocycles. The largest absolute Gasteiger partial charge is 0.356 e. The molecule has 1 atom stereocenters. The lowest BCUT2D eigenvalue weighted by atomic mass is 10.1. The second-order valence-corrected chi connectivity index (χ2v) is 7.58. The molecule has 0 fully saturated rings. The van der Waals surface area contributed by atoms with Gasteiger partial charge in [0.15, 0.2) is 0 Å². The second kappa shape index (κ2) is 14.7. The Labute approximate surface area is 152 Å². The van der Waals surface area contributed by atoms with Crippen molar-refractivity contribution >= 4 is 0 Å². The van der Waals surface area contributed by atoms with Crippen molar-refractivity contribution in [3.63, 3.8) is 0 Å². The maximum absolute atomic E-state index is 2.62. The highest BCUT2D eigenvalue weighted by Crippen LogP contribution is 2.23. The predicted octanol–water partition coefficient (Wildman–Crippen LogP) is 6.92. The zero-order valence-corrected chi connectivity index (χ0v) is 16.9. The molecule has 1 heterocycles. The maximum atomic E-state index is 2.62. The van der Waals surface area contributed by atoms with Gasteiger partial charge in [-0.3, -0.25) is 0 Å². The fourth-order valence-corrected chi connectivity index (χ4v) is 3.78. The zero-order chi connectivity index (χ0) is 17.5. The highest BCUT2D eigenvalue weighted by Gasteiger charge is 2.24. The standard InChI is InChI=1S/C22H44N2/c1-4-7-9-11-12-13-15-17-22-23(18-6-3)20-21-24(22)19-16-14-10-8-5-2/h20-22H,4-19H2,1-3H3. The molecular weight excluding hydrogens is 292 g/mol. The molecule has 2 nitrogen and oxygen atoms in total. The van der Waals surface area contributed by atoms with Crippen LogP contribution in [0, 0.1) is 0 Å². The molecular formula is C22H44N2. The Kier molecular flexibility index (Phi) is 13.1. The van der Waals surface area contributed by atoms with Crippen LogP contribution in [-0.4, -0.2) is 29.1 Å². The zero-order valence-electron chi connectivity index (χ0n) is 16.9. The Bertz CT molecular complexity index is 300. The molecule has 0 aromatic carbocycles. The molecule has 1 unspecified atom stereocenters. The number of nitrogens with zero attached hydrogens (tertiary/aromatic N) is 2. The van der Waals surface area contributed by atoms with E-state index in [-0.39, 0.29) is 0 Å². The molecule has 2 heteroatoms. The van der Waals surface area contributed by atoms with Crippen molar-refractivity contribution in [3.05, 3.63) is 12.4 Å². The molecule has 0 bridgehead atoms. The second-order valence-electron chi connectivity index (χ2n) is 7.58. The van der Waals surface area contributed by atoms with Gasteiger partial charge >= 0.3 is 0 Å². The monoisotopic (exact) mass is 336 g/mol. The van der Waals surface area contributed by atoms with Crippen LogP contribution in [-0.2, 0) is 0 Å². The number of hydrogen-bond acceptors (Lipinski definition) is 2. The Morgan fingerprint density at radius 2 is 1.04 bits per heavy atom. The fourth-order valence-electron chi connectivity index (χ4n) is 3.78. The molecule has 0 spiro atoms. The average Bonchev–Trinajstić information content (AvgIpc) is 2.96. The third kappa shape index (κ3) is 8.99. The highest BCUT2D eigenvalue weighted by molar-refractivity contribution is 4.96. The van der Waals surface area contributed by atoms with Gasteiger partial charge in [-0.1, -0.05) is 85.0 Å². The third-order valence-electron chi connectivity index (χ3n) is 5.28. The highest BCUT2D eigenvalue weighted by atomic mass is 15.4. The third-order valence-corrected chi connectivity index (χ3v) is 5.28. The quantitative estimate of drug-likeness (QED) is 0.282. The lowest BCUT2D eigenvalue weighted by Crippen LogP contribution is -2.39. The smallest absolute Gasteiger partial charge is 0.101 e. The Morgan fingerprint density at radius 3 is 1.62 bits per heavy atom. The topological polar surface area (TPSA) is 6.48 Å². The lowest BCUT2D eigenvalue weighted by Gasteiger charge is -2.33. The SMILES string of the molecule is CCCCCCCCCC1N(CCC)C=CN1CCCCCCC. The van der Waals surface area contributed by atoms with Gasteiger partial charge in [-0.25, -0.2) is 0 Å². The normalized spacial score (nSPS) is 17.2. The van der Waals surface area contributed by atoms with E-state index < -0.39 is 0 Å². The molecule has 0 amide bonds. The average molecular weight is 337 g/mol. The van der Waals surface area contributed by atoms with Gasteiger partial charge in [0, 0.05) is 25.5 Å². The maximum Gasteiger partial charge on any atom is 0.101 e. The molecule has 0 radical (unpaired) electrons. The van der Waals surface area contributed by atoms with Gasteiger partial charge in [0.2, 0.25) is 0 Å². The summed E-state index contributed by atoms with van der Waals surface area (Å²) in [5.74, 6) is 0. The van der Waals surface area contributed by atoms with Gasteiger partial charge < -0.3 is 9.80 Å². The van der Waals surface area contributed by atoms with E-state index in [0.29, 0.717) is 6.17 Å². The van der Waals surface area contributed by atoms with E-state index >= 15 is 0 Å². The minimum Gasteiger partial charge on any atom is -0.356 e. The van der Waals surface area contributed by atoms with Gasteiger partial charge in [-0.05, 0) is 25.7 Å². The van der Waals surface area contributed by atoms with Crippen LogP contribution in [0.3, 0.4) is 0 Å². The van der Waals surface area contributed by atoms with Crippen LogP contribution in [0.1, 0.15) is 111 Å². The van der Waals surface area contributed by atoms with Crippen molar-refractivity contribution in [2.45, 2.75) is 117 Å². The molecule has 1 rings (SSSR count). The minimum absolute atomic E-state index is 0.645. The van der Waals surface area contributed by atoms with Crippen LogP contribution in [0.25, 0.3) is 0 Å². The molecule has 0 aromatic rings. The van der Waals surface area contributed by atoms with Crippen LogP contribution < -0.4 is 0 Å². The first-order chi connectivity index (χ1) is 11.8. The summed E-state index contributed by atoms with van der Waals surface area (Å²) in [4.78, 5) is 5.21. The lowest BCUT2D eigenvalue weighted by molar-refractivity contribution is 0.137. The van der Waals surface area contributed by atoms with Crippen LogP contribution in [0.4, 0.5) is 0 Å². The molecule has 0 aliphatic carbocycles. The van der Waals surface area contributed by atoms with Crippen LogP contribution in [0.15, 0.2) is 12.4 Å². The van der Waals surface area contributed by atoms with Crippen molar-refractivity contribution in [3.8, 4) is 0 Å². The molecule has 0 saturated heterocycles. The van der Waals surface area contributed by atoms with Crippen molar-refractivity contribution in [1.82, 2.24) is 9.80 Å². The van der Waals surface area contributed by atoms with Gasteiger partial charge in [0.25, 0.3) is 0 Å². The number of unbranched alkanes of at least 4 members (excludes halogenated alkanes) is 10. The molecule has 0 N–H and O–H groups in total. The molecule has 142 valence electrons. The summed E-state index contributed by atoms with van der Waals surface area (Å²) in [6, 6.07) is 0. The van der Waals surface area contributed by atoms with E-state index in [4.69, 9.17) is 0 Å². The molecule has 1 aliphatic rings. The van der Waals surface area contributed by atoms with E-state index in [1.54, 1.807) is 0 Å². The van der Waals surface area contributed by atoms with Crippen LogP contribution in [0.2, 0.25) is 0 Å². The summed E-state index contributed by atoms with van der Waals surface area (Å²) < 4.78 is 0. The molecule has 0 saturated carbocycles. The van der Waals surface area contributed by atoms with Crippen LogP contribution >= 0.6 is 0 Å². The molecule has 24 heavy (non-hydrogen) atoms. The van der Waals surface area contributed by atoms with E-state index in [2.05, 4.69) is 43.0 Å². The number of rotatable bonds is 16. The Morgan fingerprint density at radius 1 is 0.542 bits per heavy atom. The van der Waals surface area contributed by atoms with Crippen molar-refractivity contribution < 1.29 is 0 Å². The van der Waals surface area contributed by atoms with E-state index in [0.717, 1.165) is 0 Å². The molecule has 1 aliphatic heterocycles. The van der Waals surface area contributed by atoms with Crippen LogP contribution in [0.5, 0.6) is 0 Å². The summed E-state index contributed by atoms with van der Waals surface area (Å²) in [7, 11) is 0. The van der Waals surface area contributed by atoms with Gasteiger partial charge in [-0.15, -0.1) is 0 Å². The van der Waals surface area contributed by atoms with E-state index in [1.807, 2.05) is 0 Å². The summed E-state index contributed by atoms with van der Waals surface area (Å²) in [6.07, 6.45) is 24.8. The first-order valence-electron chi connectivity index (χ1n) is 11.0. The predicted molar refractivity (Wildman–Crippen MR) is 108 cm³/mol. The Balaban J connectivity index is 2.23. The van der Waals surface area contributed by atoms with Crippen molar-refractivity contribution in [2.24, 2.45) is 0 Å². The minimum atomic E-state index is 0.645. The Hall–Kier alpha value is -0.660. The summed E-state index contributed by atoms with van der Waals surface area (Å²) >= 11 is 0. The summed E-state index contributed by atoms with van der Waals surface area (Å²) in [5.41, 5.74) is 0. The summed E-state index contributed by atoms with van der Waals surface area (Å²) in [6.45, 7) is 9.36. The van der Waals surface area contributed by atoms with E-state index in [9.17, 15) is 0 Å². The fraction of sp³-hybridized carbons (Fsp3) is 0.909. The first kappa shape index (κ1) is 21.4.